The smallest absolute Gasteiger partial charge is 0.130 e. The summed E-state index contributed by atoms with van der Waals surface area (Å²) in [6, 6.07) is 5.89. The highest BCUT2D eigenvalue weighted by Gasteiger charge is 2.05. The van der Waals surface area contributed by atoms with Gasteiger partial charge in [0.25, 0.3) is 0 Å². The summed E-state index contributed by atoms with van der Waals surface area (Å²) in [6.45, 7) is 6.16. The fourth-order valence-corrected chi connectivity index (χ4v) is 1.83. The number of pyridine rings is 1. The Labute approximate surface area is 106 Å². The molecule has 0 atom stereocenters. The van der Waals surface area contributed by atoms with Crippen molar-refractivity contribution in [2.45, 2.75) is 26.7 Å². The highest BCUT2D eigenvalue weighted by Crippen LogP contribution is 2.19. The molecule has 2 rings (SSSR count). The van der Waals surface area contributed by atoms with Gasteiger partial charge in [0.15, 0.2) is 0 Å². The summed E-state index contributed by atoms with van der Waals surface area (Å²) in [6.07, 6.45) is 1.80. The van der Waals surface area contributed by atoms with E-state index in [0.29, 0.717) is 10.6 Å². The average Bonchev–Trinajstić information content (AvgIpc) is 2.28. The van der Waals surface area contributed by atoms with Crippen LogP contribution in [0.3, 0.4) is 0 Å². The molecule has 0 aliphatic rings. The molecule has 0 saturated heterocycles. The second kappa shape index (κ2) is 4.75. The highest BCUT2D eigenvalue weighted by atomic mass is 32.1. The number of hydrogen-bond acceptors (Lipinski definition) is 3. The molecule has 0 aliphatic carbocycles. The number of aromatic nitrogens is 3. The first-order valence-electron chi connectivity index (χ1n) is 5.60. The van der Waals surface area contributed by atoms with Crippen LogP contribution in [0.15, 0.2) is 24.4 Å². The quantitative estimate of drug-likeness (QED) is 0.821. The summed E-state index contributed by atoms with van der Waals surface area (Å²) >= 11 is 5.19. The predicted octanol–water partition coefficient (Wildman–Crippen LogP) is 3.63. The van der Waals surface area contributed by atoms with Gasteiger partial charge in [0, 0.05) is 29.1 Å². The highest BCUT2D eigenvalue weighted by molar-refractivity contribution is 7.71. The van der Waals surface area contributed by atoms with Gasteiger partial charge in [0.1, 0.15) is 10.5 Å². The van der Waals surface area contributed by atoms with Crippen molar-refractivity contribution in [3.8, 4) is 11.3 Å². The van der Waals surface area contributed by atoms with Gasteiger partial charge in [-0.3, -0.25) is 4.98 Å². The zero-order chi connectivity index (χ0) is 12.4. The van der Waals surface area contributed by atoms with Crippen molar-refractivity contribution in [1.29, 1.82) is 0 Å². The second-order valence-electron chi connectivity index (χ2n) is 4.36. The van der Waals surface area contributed by atoms with Crippen molar-refractivity contribution >= 4 is 12.2 Å². The van der Waals surface area contributed by atoms with Gasteiger partial charge in [0.05, 0.1) is 0 Å². The Kier molecular flexibility index (Phi) is 3.33. The first kappa shape index (κ1) is 11.9. The Morgan fingerprint density at radius 1 is 1.29 bits per heavy atom. The van der Waals surface area contributed by atoms with E-state index in [2.05, 4.69) is 28.8 Å². The van der Waals surface area contributed by atoms with Gasteiger partial charge < -0.3 is 4.98 Å². The van der Waals surface area contributed by atoms with E-state index in [1.807, 2.05) is 25.1 Å². The van der Waals surface area contributed by atoms with E-state index in [1.54, 1.807) is 6.20 Å². The largest absolute Gasteiger partial charge is 0.343 e. The number of rotatable bonds is 2. The Balaban J connectivity index is 2.56. The van der Waals surface area contributed by atoms with Gasteiger partial charge in [-0.05, 0) is 25.1 Å². The molecule has 0 bridgehead atoms. The number of H-pyrrole nitrogens is 1. The topological polar surface area (TPSA) is 41.6 Å². The van der Waals surface area contributed by atoms with Crippen LogP contribution < -0.4 is 0 Å². The molecule has 2 aromatic rings. The summed E-state index contributed by atoms with van der Waals surface area (Å²) < 4.78 is 0.622. The van der Waals surface area contributed by atoms with Crippen LogP contribution in [0.5, 0.6) is 0 Å². The lowest BCUT2D eigenvalue weighted by Gasteiger charge is -2.08. The summed E-state index contributed by atoms with van der Waals surface area (Å²) in [5.41, 5.74) is 3.08. The van der Waals surface area contributed by atoms with E-state index in [9.17, 15) is 0 Å². The molecule has 4 heteroatoms. The molecular formula is C13H15N3S. The molecular weight excluding hydrogens is 230 g/mol. The van der Waals surface area contributed by atoms with Gasteiger partial charge >= 0.3 is 0 Å². The number of nitrogens with zero attached hydrogens (tertiary/aromatic N) is 2. The van der Waals surface area contributed by atoms with Crippen LogP contribution >= 0.6 is 12.2 Å². The number of nitrogens with one attached hydrogen (secondary N) is 1. The third-order valence-electron chi connectivity index (χ3n) is 2.52. The third-order valence-corrected chi connectivity index (χ3v) is 2.72. The maximum atomic E-state index is 5.19. The van der Waals surface area contributed by atoms with Crippen LogP contribution in [0, 0.1) is 11.6 Å². The predicted molar refractivity (Wildman–Crippen MR) is 71.5 cm³/mol. The SMILES string of the molecule is Cc1cc(-c2cc(=S)nc(C(C)C)[nH]2)ccn1. The number of hydrogen-bond donors (Lipinski definition) is 1. The fourth-order valence-electron chi connectivity index (χ4n) is 1.62. The maximum Gasteiger partial charge on any atom is 0.130 e. The molecule has 0 amide bonds. The van der Waals surface area contributed by atoms with Gasteiger partial charge in [-0.25, -0.2) is 4.98 Å². The first-order valence-corrected chi connectivity index (χ1v) is 6.01. The van der Waals surface area contributed by atoms with Crippen LogP contribution in [0.2, 0.25) is 0 Å². The molecule has 0 spiro atoms. The summed E-state index contributed by atoms with van der Waals surface area (Å²) in [5, 5.41) is 0. The van der Waals surface area contributed by atoms with Crippen LogP contribution in [0.1, 0.15) is 31.3 Å². The van der Waals surface area contributed by atoms with Gasteiger partial charge in [-0.15, -0.1) is 0 Å². The lowest BCUT2D eigenvalue weighted by molar-refractivity contribution is 0.773. The van der Waals surface area contributed by atoms with Gasteiger partial charge in [0.2, 0.25) is 0 Å². The zero-order valence-corrected chi connectivity index (χ0v) is 11.0. The molecule has 3 nitrogen and oxygen atoms in total. The summed E-state index contributed by atoms with van der Waals surface area (Å²) in [7, 11) is 0. The molecule has 0 radical (unpaired) electrons. The van der Waals surface area contributed by atoms with Crippen molar-refractivity contribution in [2.75, 3.05) is 0 Å². The van der Waals surface area contributed by atoms with Crippen LogP contribution in [-0.2, 0) is 0 Å². The molecule has 17 heavy (non-hydrogen) atoms. The van der Waals surface area contributed by atoms with Crippen molar-refractivity contribution in [1.82, 2.24) is 15.0 Å². The molecule has 2 aromatic heterocycles. The monoisotopic (exact) mass is 245 g/mol. The zero-order valence-electron chi connectivity index (χ0n) is 10.2. The Morgan fingerprint density at radius 3 is 2.71 bits per heavy atom. The lowest BCUT2D eigenvalue weighted by Crippen LogP contribution is -1.99. The molecule has 2 heterocycles. The first-order chi connectivity index (χ1) is 8.06. The molecule has 88 valence electrons. The normalized spacial score (nSPS) is 10.8. The van der Waals surface area contributed by atoms with E-state index in [0.717, 1.165) is 22.8 Å². The van der Waals surface area contributed by atoms with E-state index in [4.69, 9.17) is 12.2 Å². The van der Waals surface area contributed by atoms with E-state index in [-0.39, 0.29) is 0 Å². The van der Waals surface area contributed by atoms with Crippen LogP contribution in [0.25, 0.3) is 11.3 Å². The minimum Gasteiger partial charge on any atom is -0.343 e. The number of aryl methyl sites for hydroxylation is 1. The maximum absolute atomic E-state index is 5.19. The van der Waals surface area contributed by atoms with E-state index in [1.165, 1.54) is 0 Å². The Bertz CT molecular complexity index is 587. The Hall–Kier alpha value is -1.55. The minimum atomic E-state index is 0.333. The summed E-state index contributed by atoms with van der Waals surface area (Å²) in [5.74, 6) is 1.25. The van der Waals surface area contributed by atoms with Crippen molar-refractivity contribution < 1.29 is 0 Å². The molecule has 0 fully saturated rings. The minimum absolute atomic E-state index is 0.333. The van der Waals surface area contributed by atoms with Gasteiger partial charge in [-0.1, -0.05) is 26.1 Å². The van der Waals surface area contributed by atoms with Crippen molar-refractivity contribution in [2.24, 2.45) is 0 Å². The summed E-state index contributed by atoms with van der Waals surface area (Å²) in [4.78, 5) is 11.8. The fraction of sp³-hybridized carbons (Fsp3) is 0.308. The van der Waals surface area contributed by atoms with Crippen molar-refractivity contribution in [3.05, 3.63) is 40.6 Å². The standard InChI is InChI=1S/C13H15N3S/c1-8(2)13-15-11(7-12(17)16-13)10-4-5-14-9(3)6-10/h4-8H,1-3H3,(H,15,16,17). The van der Waals surface area contributed by atoms with Crippen LogP contribution in [0.4, 0.5) is 0 Å². The molecule has 0 aliphatic heterocycles. The molecule has 0 saturated carbocycles. The third kappa shape index (κ3) is 2.77. The average molecular weight is 245 g/mol. The lowest BCUT2D eigenvalue weighted by atomic mass is 10.1. The van der Waals surface area contributed by atoms with Crippen molar-refractivity contribution in [3.63, 3.8) is 0 Å². The van der Waals surface area contributed by atoms with E-state index < -0.39 is 0 Å². The van der Waals surface area contributed by atoms with Gasteiger partial charge in [-0.2, -0.15) is 0 Å². The van der Waals surface area contributed by atoms with Crippen LogP contribution in [-0.4, -0.2) is 15.0 Å². The molecule has 0 unspecified atom stereocenters. The Morgan fingerprint density at radius 2 is 2.06 bits per heavy atom. The van der Waals surface area contributed by atoms with E-state index >= 15 is 0 Å². The second-order valence-corrected chi connectivity index (χ2v) is 4.78. The number of aromatic amines is 1. The molecule has 0 aromatic carbocycles. The molecule has 1 N–H and O–H groups in total.